The normalized spacial score (nSPS) is 11.7. The van der Waals surface area contributed by atoms with Crippen molar-refractivity contribution < 1.29 is 14.6 Å². The van der Waals surface area contributed by atoms with Gasteiger partial charge in [0.25, 0.3) is 0 Å². The van der Waals surface area contributed by atoms with Crippen molar-refractivity contribution in [3.8, 4) is 0 Å². The number of hydrogen-bond donors (Lipinski definition) is 2. The van der Waals surface area contributed by atoms with E-state index in [0.29, 0.717) is 21.6 Å². The number of carbonyl (C=O) groups excluding carboxylic acids is 1. The predicted octanol–water partition coefficient (Wildman–Crippen LogP) is 2.70. The molecule has 2 heterocycles. The second-order valence-electron chi connectivity index (χ2n) is 5.06. The summed E-state index contributed by atoms with van der Waals surface area (Å²) in [6, 6.07) is 0. The van der Waals surface area contributed by atoms with Crippen LogP contribution >= 0.6 is 22.9 Å². The number of esters is 1. The lowest BCUT2D eigenvalue weighted by atomic mass is 10.1. The molecule has 8 heteroatoms. The van der Waals surface area contributed by atoms with E-state index < -0.39 is 11.5 Å². The predicted molar refractivity (Wildman–Crippen MR) is 83.2 cm³/mol. The third-order valence-electron chi connectivity index (χ3n) is 2.75. The van der Waals surface area contributed by atoms with Crippen LogP contribution in [0.2, 0.25) is 5.28 Å². The first kappa shape index (κ1) is 15.9. The van der Waals surface area contributed by atoms with Crippen molar-refractivity contribution in [3.05, 3.63) is 16.2 Å². The molecule has 0 aliphatic carbocycles. The third kappa shape index (κ3) is 3.42. The molecule has 2 aromatic heterocycles. The summed E-state index contributed by atoms with van der Waals surface area (Å²) in [5.41, 5.74) is -0.219. The maximum absolute atomic E-state index is 12.0. The van der Waals surface area contributed by atoms with E-state index in [1.165, 1.54) is 11.3 Å². The van der Waals surface area contributed by atoms with Gasteiger partial charge in [-0.1, -0.05) is 0 Å². The monoisotopic (exact) mass is 329 g/mol. The molecule has 6 nitrogen and oxygen atoms in total. The third-order valence-corrected chi connectivity index (χ3v) is 3.79. The second kappa shape index (κ2) is 6.13. The van der Waals surface area contributed by atoms with Crippen molar-refractivity contribution in [1.29, 1.82) is 0 Å². The highest BCUT2D eigenvalue weighted by Gasteiger charge is 2.23. The minimum Gasteiger partial charge on any atom is -0.462 e. The van der Waals surface area contributed by atoms with Gasteiger partial charge in [0.2, 0.25) is 5.28 Å². The van der Waals surface area contributed by atoms with Gasteiger partial charge in [0.15, 0.2) is 0 Å². The number of rotatable bonds is 5. The van der Waals surface area contributed by atoms with Crippen LogP contribution in [0.3, 0.4) is 0 Å². The summed E-state index contributed by atoms with van der Waals surface area (Å²) in [7, 11) is 0. The van der Waals surface area contributed by atoms with Gasteiger partial charge in [0, 0.05) is 5.38 Å². The number of nitrogens with one attached hydrogen (secondary N) is 1. The number of aliphatic hydroxyl groups excluding tert-OH is 1. The quantitative estimate of drug-likeness (QED) is 0.648. The zero-order valence-corrected chi connectivity index (χ0v) is 13.5. The van der Waals surface area contributed by atoms with E-state index in [-0.39, 0.29) is 18.5 Å². The molecule has 21 heavy (non-hydrogen) atoms. The van der Waals surface area contributed by atoms with Crippen LogP contribution in [0.25, 0.3) is 10.2 Å². The van der Waals surface area contributed by atoms with Gasteiger partial charge in [-0.3, -0.25) is 0 Å². The van der Waals surface area contributed by atoms with Gasteiger partial charge in [-0.25, -0.2) is 14.8 Å². The van der Waals surface area contributed by atoms with Crippen molar-refractivity contribution in [1.82, 2.24) is 9.97 Å². The van der Waals surface area contributed by atoms with Crippen LogP contribution in [0.15, 0.2) is 5.38 Å². The van der Waals surface area contributed by atoms with Gasteiger partial charge in [-0.15, -0.1) is 11.3 Å². The van der Waals surface area contributed by atoms with Crippen LogP contribution in [-0.2, 0) is 4.74 Å². The fraction of sp³-hybridized carbons (Fsp3) is 0.462. The molecule has 2 aromatic rings. The number of ether oxygens (including phenoxy) is 1. The molecular weight excluding hydrogens is 314 g/mol. The van der Waals surface area contributed by atoms with Crippen LogP contribution in [0.4, 0.5) is 5.82 Å². The standard InChI is InChI=1S/C13H16ClN3O3S/c1-4-20-11(19)7-5-21-10-8(7)9(15-12(14)16-10)17-13(2,3)6-18/h5,18H,4,6H2,1-3H3,(H,15,16,17). The van der Waals surface area contributed by atoms with Crippen molar-refractivity contribution in [2.24, 2.45) is 0 Å². The van der Waals surface area contributed by atoms with Gasteiger partial charge in [-0.05, 0) is 32.4 Å². The molecule has 0 aliphatic rings. The molecule has 0 fully saturated rings. The summed E-state index contributed by atoms with van der Waals surface area (Å²) in [6.45, 7) is 5.55. The van der Waals surface area contributed by atoms with Crippen LogP contribution in [0, 0.1) is 0 Å². The number of aliphatic hydroxyl groups is 1. The average Bonchev–Trinajstić information content (AvgIpc) is 2.82. The fourth-order valence-corrected chi connectivity index (χ4v) is 2.85. The lowest BCUT2D eigenvalue weighted by Crippen LogP contribution is -2.35. The molecule has 0 aliphatic heterocycles. The molecule has 114 valence electrons. The van der Waals surface area contributed by atoms with E-state index in [0.717, 1.165) is 0 Å². The Morgan fingerprint density at radius 1 is 1.52 bits per heavy atom. The maximum Gasteiger partial charge on any atom is 0.339 e. The topological polar surface area (TPSA) is 84.3 Å². The van der Waals surface area contributed by atoms with Crippen molar-refractivity contribution in [3.63, 3.8) is 0 Å². The number of hydrogen-bond acceptors (Lipinski definition) is 7. The molecule has 0 atom stereocenters. The lowest BCUT2D eigenvalue weighted by molar-refractivity contribution is 0.0529. The number of aromatic nitrogens is 2. The average molecular weight is 330 g/mol. The Morgan fingerprint density at radius 2 is 2.24 bits per heavy atom. The molecule has 0 radical (unpaired) electrons. The van der Waals surface area contributed by atoms with E-state index in [9.17, 15) is 9.90 Å². The minimum absolute atomic E-state index is 0.0796. The highest BCUT2D eigenvalue weighted by Crippen LogP contribution is 2.32. The number of anilines is 1. The number of halogens is 1. The smallest absolute Gasteiger partial charge is 0.339 e. The lowest BCUT2D eigenvalue weighted by Gasteiger charge is -2.24. The minimum atomic E-state index is -0.613. The van der Waals surface area contributed by atoms with Gasteiger partial charge >= 0.3 is 5.97 Å². The van der Waals surface area contributed by atoms with Crippen LogP contribution < -0.4 is 5.32 Å². The van der Waals surface area contributed by atoms with E-state index in [4.69, 9.17) is 16.3 Å². The summed E-state index contributed by atoms with van der Waals surface area (Å²) in [4.78, 5) is 20.9. The summed E-state index contributed by atoms with van der Waals surface area (Å²) < 4.78 is 5.04. The Bertz CT molecular complexity index is 672. The molecule has 0 unspecified atom stereocenters. The summed E-state index contributed by atoms with van der Waals surface area (Å²) in [5.74, 6) is -0.0205. The summed E-state index contributed by atoms with van der Waals surface area (Å²) >= 11 is 7.20. The van der Waals surface area contributed by atoms with E-state index in [1.54, 1.807) is 12.3 Å². The molecule has 2 N–H and O–H groups in total. The molecular formula is C13H16ClN3O3S. The van der Waals surface area contributed by atoms with Crippen molar-refractivity contribution in [2.75, 3.05) is 18.5 Å². The molecule has 2 rings (SSSR count). The summed E-state index contributed by atoms with van der Waals surface area (Å²) in [5, 5.41) is 14.8. The van der Waals surface area contributed by atoms with Gasteiger partial charge in [-0.2, -0.15) is 0 Å². The molecule has 0 aromatic carbocycles. The van der Waals surface area contributed by atoms with Crippen LogP contribution in [0.1, 0.15) is 31.1 Å². The van der Waals surface area contributed by atoms with Gasteiger partial charge < -0.3 is 15.2 Å². The number of fused-ring (bicyclic) bond motifs is 1. The first-order valence-electron chi connectivity index (χ1n) is 6.39. The highest BCUT2D eigenvalue weighted by atomic mass is 35.5. The van der Waals surface area contributed by atoms with Gasteiger partial charge in [0.1, 0.15) is 10.6 Å². The Morgan fingerprint density at radius 3 is 2.86 bits per heavy atom. The van der Waals surface area contributed by atoms with Crippen LogP contribution in [0.5, 0.6) is 0 Å². The van der Waals surface area contributed by atoms with Crippen LogP contribution in [-0.4, -0.2) is 39.8 Å². The molecule has 0 spiro atoms. The number of nitrogens with zero attached hydrogens (tertiary/aromatic N) is 2. The Hall–Kier alpha value is -1.44. The van der Waals surface area contributed by atoms with Crippen molar-refractivity contribution >= 4 is 44.9 Å². The maximum atomic E-state index is 12.0. The highest BCUT2D eigenvalue weighted by molar-refractivity contribution is 7.17. The fourth-order valence-electron chi connectivity index (χ4n) is 1.73. The molecule has 0 bridgehead atoms. The van der Waals surface area contributed by atoms with E-state index >= 15 is 0 Å². The Balaban J connectivity index is 2.57. The molecule has 0 saturated carbocycles. The largest absolute Gasteiger partial charge is 0.462 e. The second-order valence-corrected chi connectivity index (χ2v) is 6.25. The first-order chi connectivity index (χ1) is 9.88. The number of thiophene rings is 1. The molecule has 0 amide bonds. The van der Waals surface area contributed by atoms with E-state index in [1.807, 2.05) is 13.8 Å². The Kier molecular flexibility index (Phi) is 4.65. The zero-order valence-electron chi connectivity index (χ0n) is 11.9. The van der Waals surface area contributed by atoms with Gasteiger partial charge in [0.05, 0.1) is 29.7 Å². The van der Waals surface area contributed by atoms with Crippen molar-refractivity contribution in [2.45, 2.75) is 26.3 Å². The van der Waals surface area contributed by atoms with E-state index in [2.05, 4.69) is 15.3 Å². The summed E-state index contributed by atoms with van der Waals surface area (Å²) in [6.07, 6.45) is 0. The SMILES string of the molecule is CCOC(=O)c1csc2nc(Cl)nc(NC(C)(C)CO)c12. The first-order valence-corrected chi connectivity index (χ1v) is 7.64. The zero-order chi connectivity index (χ0) is 15.6. The number of carbonyl (C=O) groups is 1. The Labute approximate surface area is 131 Å². The molecule has 0 saturated heterocycles.